The van der Waals surface area contributed by atoms with Crippen molar-refractivity contribution in [3.05, 3.63) is 22.8 Å². The number of piperazine rings is 1. The van der Waals surface area contributed by atoms with E-state index in [1.54, 1.807) is 6.20 Å². The van der Waals surface area contributed by atoms with Gasteiger partial charge in [0.1, 0.15) is 5.82 Å². The van der Waals surface area contributed by atoms with Gasteiger partial charge in [0.05, 0.1) is 5.02 Å². The third-order valence-electron chi connectivity index (χ3n) is 4.20. The molecule has 1 aromatic rings. The Kier molecular flexibility index (Phi) is 3.91. The number of nitrogens with one attached hydrogen (secondary N) is 1. The number of nitrogens with zero attached hydrogens (tertiary/aromatic N) is 3. The van der Waals surface area contributed by atoms with Crippen molar-refractivity contribution >= 4 is 17.4 Å². The smallest absolute Gasteiger partial charge is 0.129 e. The number of aromatic nitrogens is 1. The van der Waals surface area contributed by atoms with Crippen LogP contribution in [0.15, 0.2) is 12.3 Å². The Balaban J connectivity index is 1.76. The molecule has 1 atom stereocenters. The third-order valence-corrected chi connectivity index (χ3v) is 4.54. The molecular formula is C14H21ClN4. The van der Waals surface area contributed by atoms with Crippen molar-refractivity contribution in [2.75, 3.05) is 38.1 Å². The first-order chi connectivity index (χ1) is 9.28. The first kappa shape index (κ1) is 13.2. The van der Waals surface area contributed by atoms with E-state index < -0.39 is 0 Å². The highest BCUT2D eigenvalue weighted by atomic mass is 35.5. The summed E-state index contributed by atoms with van der Waals surface area (Å²) in [6, 6.07) is 2.85. The van der Waals surface area contributed by atoms with Gasteiger partial charge in [-0.3, -0.25) is 4.90 Å². The average molecular weight is 281 g/mol. The topological polar surface area (TPSA) is 31.4 Å². The summed E-state index contributed by atoms with van der Waals surface area (Å²) in [5.74, 6) is 1.07. The molecule has 2 saturated heterocycles. The molecule has 0 amide bonds. The van der Waals surface area contributed by atoms with Crippen LogP contribution in [0.5, 0.6) is 0 Å². The molecule has 2 aliphatic heterocycles. The molecule has 19 heavy (non-hydrogen) atoms. The Labute approximate surface area is 119 Å². The number of pyridine rings is 1. The zero-order chi connectivity index (χ0) is 13.2. The Bertz CT molecular complexity index is 451. The predicted molar refractivity (Wildman–Crippen MR) is 78.8 cm³/mol. The lowest BCUT2D eigenvalue weighted by molar-refractivity contribution is 0.230. The van der Waals surface area contributed by atoms with Crippen LogP contribution in [0.25, 0.3) is 0 Å². The lowest BCUT2D eigenvalue weighted by atomic mass is 10.1. The molecule has 0 aliphatic carbocycles. The summed E-state index contributed by atoms with van der Waals surface area (Å²) in [6.45, 7) is 5.41. The summed E-state index contributed by atoms with van der Waals surface area (Å²) in [5.41, 5.74) is 1.13. The van der Waals surface area contributed by atoms with Gasteiger partial charge in [0.15, 0.2) is 0 Å². The molecule has 0 spiro atoms. The van der Waals surface area contributed by atoms with Gasteiger partial charge >= 0.3 is 0 Å². The van der Waals surface area contributed by atoms with Crippen molar-refractivity contribution < 1.29 is 0 Å². The number of hydrogen-bond donors (Lipinski definition) is 1. The van der Waals surface area contributed by atoms with Crippen molar-refractivity contribution in [2.24, 2.45) is 0 Å². The average Bonchev–Trinajstić information content (AvgIpc) is 2.89. The van der Waals surface area contributed by atoms with Gasteiger partial charge in [-0.05, 0) is 38.1 Å². The Morgan fingerprint density at radius 3 is 3.16 bits per heavy atom. The van der Waals surface area contributed by atoms with Gasteiger partial charge in [-0.1, -0.05) is 11.6 Å². The van der Waals surface area contributed by atoms with Gasteiger partial charge in [0, 0.05) is 38.4 Å². The quantitative estimate of drug-likeness (QED) is 0.914. The minimum atomic E-state index is 0.721. The molecule has 104 valence electrons. The standard InChI is InChI=1S/C14H21ClN4/c1-16-8-11-7-14(17-9-13(11)15)19-6-5-18-4-2-3-12(18)10-19/h7,9,12,16H,2-6,8,10H2,1H3. The van der Waals surface area contributed by atoms with E-state index in [1.165, 1.54) is 19.4 Å². The summed E-state index contributed by atoms with van der Waals surface area (Å²) in [4.78, 5) is 9.52. The van der Waals surface area contributed by atoms with E-state index in [-0.39, 0.29) is 0 Å². The van der Waals surface area contributed by atoms with Crippen LogP contribution in [0, 0.1) is 0 Å². The fraction of sp³-hybridized carbons (Fsp3) is 0.643. The molecule has 0 bridgehead atoms. The molecular weight excluding hydrogens is 260 g/mol. The number of hydrogen-bond acceptors (Lipinski definition) is 4. The Morgan fingerprint density at radius 2 is 2.32 bits per heavy atom. The second-order valence-corrected chi connectivity index (χ2v) is 5.85. The van der Waals surface area contributed by atoms with Gasteiger partial charge < -0.3 is 10.2 Å². The van der Waals surface area contributed by atoms with Crippen LogP contribution in [-0.4, -0.2) is 49.2 Å². The summed E-state index contributed by atoms with van der Waals surface area (Å²) >= 11 is 6.17. The molecule has 5 heteroatoms. The minimum Gasteiger partial charge on any atom is -0.354 e. The summed E-state index contributed by atoms with van der Waals surface area (Å²) < 4.78 is 0. The van der Waals surface area contributed by atoms with Crippen LogP contribution < -0.4 is 10.2 Å². The Hall–Kier alpha value is -0.840. The van der Waals surface area contributed by atoms with Gasteiger partial charge in [-0.25, -0.2) is 4.98 Å². The third kappa shape index (κ3) is 2.71. The number of halogens is 1. The van der Waals surface area contributed by atoms with Crippen molar-refractivity contribution in [1.82, 2.24) is 15.2 Å². The highest BCUT2D eigenvalue weighted by Crippen LogP contribution is 2.26. The molecule has 1 unspecified atom stereocenters. The fourth-order valence-electron chi connectivity index (χ4n) is 3.17. The molecule has 1 aromatic heterocycles. The van der Waals surface area contributed by atoms with Crippen molar-refractivity contribution in [3.63, 3.8) is 0 Å². The SMILES string of the molecule is CNCc1cc(N2CCN3CCCC3C2)ncc1Cl. The largest absolute Gasteiger partial charge is 0.354 e. The van der Waals surface area contributed by atoms with Gasteiger partial charge in [-0.2, -0.15) is 0 Å². The molecule has 2 aliphatic rings. The second kappa shape index (κ2) is 5.65. The highest BCUT2D eigenvalue weighted by Gasteiger charge is 2.31. The van der Waals surface area contributed by atoms with Gasteiger partial charge in [-0.15, -0.1) is 0 Å². The number of fused-ring (bicyclic) bond motifs is 1. The van der Waals surface area contributed by atoms with Crippen LogP contribution in [0.2, 0.25) is 5.02 Å². The maximum Gasteiger partial charge on any atom is 0.129 e. The maximum atomic E-state index is 6.17. The van der Waals surface area contributed by atoms with Crippen LogP contribution in [0.4, 0.5) is 5.82 Å². The molecule has 0 saturated carbocycles. The van der Waals surface area contributed by atoms with E-state index in [4.69, 9.17) is 11.6 Å². The van der Waals surface area contributed by atoms with E-state index in [0.29, 0.717) is 0 Å². The molecule has 0 radical (unpaired) electrons. The fourth-order valence-corrected chi connectivity index (χ4v) is 3.34. The van der Waals surface area contributed by atoms with E-state index in [0.717, 1.165) is 48.6 Å². The first-order valence-corrected chi connectivity index (χ1v) is 7.44. The maximum absolute atomic E-state index is 6.17. The van der Waals surface area contributed by atoms with Gasteiger partial charge in [0.25, 0.3) is 0 Å². The normalized spacial score (nSPS) is 23.7. The lowest BCUT2D eigenvalue weighted by Crippen LogP contribution is -2.50. The van der Waals surface area contributed by atoms with Gasteiger partial charge in [0.2, 0.25) is 0 Å². The molecule has 1 N–H and O–H groups in total. The minimum absolute atomic E-state index is 0.721. The lowest BCUT2D eigenvalue weighted by Gasteiger charge is -2.38. The van der Waals surface area contributed by atoms with E-state index >= 15 is 0 Å². The van der Waals surface area contributed by atoms with Crippen LogP contribution in [-0.2, 0) is 6.54 Å². The Morgan fingerprint density at radius 1 is 1.42 bits per heavy atom. The molecule has 0 aromatic carbocycles. The number of rotatable bonds is 3. The van der Waals surface area contributed by atoms with Crippen LogP contribution in [0.3, 0.4) is 0 Å². The molecule has 4 nitrogen and oxygen atoms in total. The monoisotopic (exact) mass is 280 g/mol. The molecule has 2 fully saturated rings. The van der Waals surface area contributed by atoms with E-state index in [1.807, 2.05) is 7.05 Å². The zero-order valence-electron chi connectivity index (χ0n) is 11.4. The first-order valence-electron chi connectivity index (χ1n) is 7.06. The summed E-state index contributed by atoms with van der Waals surface area (Å²) in [7, 11) is 1.94. The highest BCUT2D eigenvalue weighted by molar-refractivity contribution is 6.31. The zero-order valence-corrected chi connectivity index (χ0v) is 12.2. The number of anilines is 1. The van der Waals surface area contributed by atoms with Crippen molar-refractivity contribution in [2.45, 2.75) is 25.4 Å². The second-order valence-electron chi connectivity index (χ2n) is 5.44. The van der Waals surface area contributed by atoms with E-state index in [2.05, 4.69) is 26.2 Å². The summed E-state index contributed by atoms with van der Waals surface area (Å²) in [6.07, 6.45) is 4.45. The molecule has 3 rings (SSSR count). The molecule has 3 heterocycles. The predicted octanol–water partition coefficient (Wildman–Crippen LogP) is 1.74. The van der Waals surface area contributed by atoms with Crippen molar-refractivity contribution in [3.8, 4) is 0 Å². The van der Waals surface area contributed by atoms with Crippen LogP contribution >= 0.6 is 11.6 Å². The van der Waals surface area contributed by atoms with Crippen molar-refractivity contribution in [1.29, 1.82) is 0 Å². The van der Waals surface area contributed by atoms with Crippen LogP contribution in [0.1, 0.15) is 18.4 Å². The summed E-state index contributed by atoms with van der Waals surface area (Å²) in [5, 5.41) is 3.90. The van der Waals surface area contributed by atoms with E-state index in [9.17, 15) is 0 Å².